The quantitative estimate of drug-likeness (QED) is 0.487. The van der Waals surface area contributed by atoms with E-state index in [-0.39, 0.29) is 11.8 Å². The first-order valence-corrected chi connectivity index (χ1v) is 5.78. The predicted molar refractivity (Wildman–Crippen MR) is 73.1 cm³/mol. The highest BCUT2D eigenvalue weighted by molar-refractivity contribution is 7.80. The molecule has 4 N–H and O–H groups in total. The SMILES string of the molecule is CNC(=O)NCCNC(=S)Nc1ccc(F)cc1. The van der Waals surface area contributed by atoms with Crippen molar-refractivity contribution in [3.05, 3.63) is 30.1 Å². The summed E-state index contributed by atoms with van der Waals surface area (Å²) in [4.78, 5) is 10.8. The minimum absolute atomic E-state index is 0.241. The lowest BCUT2D eigenvalue weighted by molar-refractivity contribution is 0.243. The second-order valence-electron chi connectivity index (χ2n) is 3.39. The zero-order chi connectivity index (χ0) is 13.4. The van der Waals surface area contributed by atoms with Gasteiger partial charge in [-0.15, -0.1) is 0 Å². The lowest BCUT2D eigenvalue weighted by Crippen LogP contribution is -2.39. The summed E-state index contributed by atoms with van der Waals surface area (Å²) in [6.07, 6.45) is 0. The third-order valence-electron chi connectivity index (χ3n) is 2.03. The van der Waals surface area contributed by atoms with Gasteiger partial charge in [0.25, 0.3) is 0 Å². The molecule has 0 saturated heterocycles. The van der Waals surface area contributed by atoms with Gasteiger partial charge in [-0.05, 0) is 36.5 Å². The molecule has 7 heteroatoms. The molecule has 0 aliphatic heterocycles. The number of hydrogen-bond donors (Lipinski definition) is 4. The van der Waals surface area contributed by atoms with E-state index in [1.165, 1.54) is 12.1 Å². The Kier molecular flexibility index (Phi) is 5.86. The van der Waals surface area contributed by atoms with E-state index >= 15 is 0 Å². The normalized spacial score (nSPS) is 9.44. The smallest absolute Gasteiger partial charge is 0.314 e. The summed E-state index contributed by atoms with van der Waals surface area (Å²) in [6, 6.07) is 5.63. The van der Waals surface area contributed by atoms with Crippen molar-refractivity contribution < 1.29 is 9.18 Å². The van der Waals surface area contributed by atoms with Crippen LogP contribution in [-0.4, -0.2) is 31.3 Å². The molecular formula is C11H15FN4OS. The number of urea groups is 1. The molecule has 98 valence electrons. The number of amides is 2. The van der Waals surface area contributed by atoms with E-state index in [2.05, 4.69) is 21.3 Å². The van der Waals surface area contributed by atoms with Crippen LogP contribution in [0, 0.1) is 5.82 Å². The zero-order valence-corrected chi connectivity index (χ0v) is 10.7. The van der Waals surface area contributed by atoms with Gasteiger partial charge in [-0.25, -0.2) is 9.18 Å². The van der Waals surface area contributed by atoms with Crippen molar-refractivity contribution in [3.8, 4) is 0 Å². The molecule has 0 aromatic heterocycles. The van der Waals surface area contributed by atoms with Crippen LogP contribution in [0.15, 0.2) is 24.3 Å². The largest absolute Gasteiger partial charge is 0.361 e. The second-order valence-corrected chi connectivity index (χ2v) is 3.80. The van der Waals surface area contributed by atoms with Gasteiger partial charge >= 0.3 is 6.03 Å². The molecule has 0 spiro atoms. The van der Waals surface area contributed by atoms with Gasteiger partial charge in [0, 0.05) is 25.8 Å². The van der Waals surface area contributed by atoms with Crippen LogP contribution in [0.3, 0.4) is 0 Å². The predicted octanol–water partition coefficient (Wildman–Crippen LogP) is 1.04. The Hall–Kier alpha value is -1.89. The molecule has 0 radical (unpaired) electrons. The number of thiocarbonyl (C=S) groups is 1. The molecule has 1 aromatic carbocycles. The molecule has 0 aliphatic rings. The van der Waals surface area contributed by atoms with Gasteiger partial charge in [-0.2, -0.15) is 0 Å². The average Bonchev–Trinajstić information content (AvgIpc) is 2.37. The Balaban J connectivity index is 2.21. The van der Waals surface area contributed by atoms with Crippen LogP contribution < -0.4 is 21.3 Å². The van der Waals surface area contributed by atoms with Gasteiger partial charge in [-0.3, -0.25) is 0 Å². The van der Waals surface area contributed by atoms with E-state index < -0.39 is 0 Å². The van der Waals surface area contributed by atoms with E-state index in [0.29, 0.717) is 23.9 Å². The third-order valence-corrected chi connectivity index (χ3v) is 2.27. The number of rotatable bonds is 4. The lowest BCUT2D eigenvalue weighted by atomic mass is 10.3. The van der Waals surface area contributed by atoms with E-state index in [4.69, 9.17) is 12.2 Å². The fourth-order valence-corrected chi connectivity index (χ4v) is 1.37. The molecule has 2 amide bonds. The van der Waals surface area contributed by atoms with Crippen molar-refractivity contribution in [3.63, 3.8) is 0 Å². The molecule has 0 aliphatic carbocycles. The summed E-state index contributed by atoms with van der Waals surface area (Å²) >= 11 is 5.03. The van der Waals surface area contributed by atoms with Crippen molar-refractivity contribution in [2.75, 3.05) is 25.5 Å². The molecule has 1 aromatic rings. The Labute approximate surface area is 110 Å². The molecule has 0 heterocycles. The summed E-state index contributed by atoms with van der Waals surface area (Å²) in [6.45, 7) is 0.950. The van der Waals surface area contributed by atoms with Crippen LogP contribution in [-0.2, 0) is 0 Å². The molecule has 0 unspecified atom stereocenters. The Bertz CT molecular complexity index is 410. The molecule has 5 nitrogen and oxygen atoms in total. The number of halogens is 1. The maximum absolute atomic E-state index is 12.7. The van der Waals surface area contributed by atoms with E-state index in [9.17, 15) is 9.18 Å². The van der Waals surface area contributed by atoms with Gasteiger partial charge in [0.1, 0.15) is 5.82 Å². The molecule has 18 heavy (non-hydrogen) atoms. The summed E-state index contributed by atoms with van der Waals surface area (Å²) < 4.78 is 12.7. The Morgan fingerprint density at radius 2 is 1.83 bits per heavy atom. The number of nitrogens with one attached hydrogen (secondary N) is 4. The molecule has 0 atom stereocenters. The van der Waals surface area contributed by atoms with Gasteiger partial charge in [0.2, 0.25) is 0 Å². The minimum atomic E-state index is -0.297. The number of anilines is 1. The molecular weight excluding hydrogens is 255 g/mol. The van der Waals surface area contributed by atoms with Crippen molar-refractivity contribution in [2.24, 2.45) is 0 Å². The van der Waals surface area contributed by atoms with Gasteiger partial charge in [0.05, 0.1) is 0 Å². The number of carbonyl (C=O) groups is 1. The number of carbonyl (C=O) groups excluding carboxylic acids is 1. The first kappa shape index (κ1) is 14.2. The van der Waals surface area contributed by atoms with E-state index in [0.717, 1.165) is 0 Å². The molecule has 1 rings (SSSR count). The fourth-order valence-electron chi connectivity index (χ4n) is 1.15. The summed E-state index contributed by atoms with van der Waals surface area (Å²) in [5, 5.41) is 11.3. The highest BCUT2D eigenvalue weighted by Gasteiger charge is 1.98. The van der Waals surface area contributed by atoms with Crippen LogP contribution >= 0.6 is 12.2 Å². The van der Waals surface area contributed by atoms with E-state index in [1.807, 2.05) is 0 Å². The van der Waals surface area contributed by atoms with Crippen LogP contribution in [0.25, 0.3) is 0 Å². The van der Waals surface area contributed by atoms with Crippen LogP contribution in [0.4, 0.5) is 14.9 Å². The zero-order valence-electron chi connectivity index (χ0n) is 9.92. The summed E-state index contributed by atoms with van der Waals surface area (Å²) in [7, 11) is 1.55. The first-order chi connectivity index (χ1) is 8.61. The minimum Gasteiger partial charge on any atom is -0.361 e. The summed E-state index contributed by atoms with van der Waals surface area (Å²) in [5.41, 5.74) is 0.702. The maximum atomic E-state index is 12.7. The third kappa shape index (κ3) is 5.44. The van der Waals surface area contributed by atoms with Crippen molar-refractivity contribution in [1.29, 1.82) is 0 Å². The highest BCUT2D eigenvalue weighted by Crippen LogP contribution is 2.07. The lowest BCUT2D eigenvalue weighted by Gasteiger charge is -2.10. The standard InChI is InChI=1S/C11H15FN4OS/c1-13-10(17)14-6-7-15-11(18)16-9-4-2-8(12)3-5-9/h2-5H,6-7H2,1H3,(H2,13,14,17)(H2,15,16,18). The van der Waals surface area contributed by atoms with Crippen molar-refractivity contribution >= 4 is 29.0 Å². The molecule has 0 saturated carbocycles. The van der Waals surface area contributed by atoms with Crippen molar-refractivity contribution in [2.45, 2.75) is 0 Å². The van der Waals surface area contributed by atoms with Crippen LogP contribution in [0.1, 0.15) is 0 Å². The second kappa shape index (κ2) is 7.44. The van der Waals surface area contributed by atoms with E-state index in [1.54, 1.807) is 19.2 Å². The fraction of sp³-hybridized carbons (Fsp3) is 0.273. The average molecular weight is 270 g/mol. The van der Waals surface area contributed by atoms with Crippen molar-refractivity contribution in [1.82, 2.24) is 16.0 Å². The highest BCUT2D eigenvalue weighted by atomic mass is 32.1. The maximum Gasteiger partial charge on any atom is 0.314 e. The summed E-state index contributed by atoms with van der Waals surface area (Å²) in [5.74, 6) is -0.297. The Morgan fingerprint density at radius 1 is 1.22 bits per heavy atom. The number of benzene rings is 1. The van der Waals surface area contributed by atoms with Gasteiger partial charge < -0.3 is 21.3 Å². The van der Waals surface area contributed by atoms with Crippen LogP contribution in [0.5, 0.6) is 0 Å². The van der Waals surface area contributed by atoms with Gasteiger partial charge in [0.15, 0.2) is 5.11 Å². The Morgan fingerprint density at radius 3 is 2.44 bits per heavy atom. The monoisotopic (exact) mass is 270 g/mol. The topological polar surface area (TPSA) is 65.2 Å². The van der Waals surface area contributed by atoms with Gasteiger partial charge in [-0.1, -0.05) is 0 Å². The molecule has 0 bridgehead atoms. The number of hydrogen-bond acceptors (Lipinski definition) is 2. The first-order valence-electron chi connectivity index (χ1n) is 5.38. The van der Waals surface area contributed by atoms with Crippen LogP contribution in [0.2, 0.25) is 0 Å². The molecule has 0 fully saturated rings.